The van der Waals surface area contributed by atoms with Crippen LogP contribution in [-0.4, -0.2) is 11.8 Å². The fourth-order valence-electron chi connectivity index (χ4n) is 2.34. The highest BCUT2D eigenvalue weighted by molar-refractivity contribution is 6.31. The molecule has 0 saturated heterocycles. The van der Waals surface area contributed by atoms with E-state index in [1.165, 1.54) is 6.07 Å². The third-order valence-electron chi connectivity index (χ3n) is 3.53. The smallest absolute Gasteiger partial charge is 0.256 e. The van der Waals surface area contributed by atoms with Crippen molar-refractivity contribution in [1.29, 1.82) is 0 Å². The number of hydrogen-bond acceptors (Lipinski definition) is 2. The summed E-state index contributed by atoms with van der Waals surface area (Å²) in [5.74, 6) is -0.770. The first-order chi connectivity index (χ1) is 12.1. The first-order valence-electron chi connectivity index (χ1n) is 7.66. The van der Waals surface area contributed by atoms with Gasteiger partial charge >= 0.3 is 0 Å². The highest BCUT2D eigenvalue weighted by Gasteiger charge is 2.18. The van der Waals surface area contributed by atoms with Gasteiger partial charge in [-0.15, -0.1) is 0 Å². The lowest BCUT2D eigenvalue weighted by Gasteiger charge is -2.11. The Labute approximate surface area is 150 Å². The molecule has 124 valence electrons. The second-order valence-corrected chi connectivity index (χ2v) is 5.77. The normalized spacial score (nSPS) is 10.1. The molecular weight excluding hydrogens is 336 g/mol. The van der Waals surface area contributed by atoms with Crippen molar-refractivity contribution in [1.82, 2.24) is 0 Å². The van der Waals surface area contributed by atoms with Gasteiger partial charge in [0.15, 0.2) is 0 Å². The molecule has 0 heterocycles. The van der Waals surface area contributed by atoms with Crippen LogP contribution in [0.25, 0.3) is 0 Å². The molecule has 5 heteroatoms. The summed E-state index contributed by atoms with van der Waals surface area (Å²) in [6.45, 7) is 0. The Hall–Kier alpha value is -3.11. The lowest BCUT2D eigenvalue weighted by Crippen LogP contribution is -2.20. The number of hydrogen-bond donors (Lipinski definition) is 2. The quantitative estimate of drug-likeness (QED) is 0.707. The summed E-state index contributed by atoms with van der Waals surface area (Å²) in [5.41, 5.74) is 1.75. The number of carbonyl (C=O) groups is 2. The van der Waals surface area contributed by atoms with Gasteiger partial charge in [0.05, 0.1) is 11.1 Å². The van der Waals surface area contributed by atoms with Gasteiger partial charge < -0.3 is 10.6 Å². The third-order valence-corrected chi connectivity index (χ3v) is 3.77. The number of carbonyl (C=O) groups excluding carboxylic acids is 2. The summed E-state index contributed by atoms with van der Waals surface area (Å²) in [6, 6.07) is 22.7. The zero-order valence-electron chi connectivity index (χ0n) is 13.2. The Balaban J connectivity index is 1.87. The zero-order chi connectivity index (χ0) is 17.6. The molecule has 0 saturated carbocycles. The second-order valence-electron chi connectivity index (χ2n) is 5.33. The first kappa shape index (κ1) is 16.7. The monoisotopic (exact) mass is 350 g/mol. The number of benzene rings is 3. The van der Waals surface area contributed by atoms with Crippen molar-refractivity contribution in [3.63, 3.8) is 0 Å². The Morgan fingerprint density at radius 1 is 0.640 bits per heavy atom. The summed E-state index contributed by atoms with van der Waals surface area (Å²) in [6.07, 6.45) is 0. The molecule has 0 aromatic heterocycles. The van der Waals surface area contributed by atoms with Gasteiger partial charge in [-0.2, -0.15) is 0 Å². The number of halogens is 1. The molecule has 0 aliphatic heterocycles. The van der Waals surface area contributed by atoms with Crippen LogP contribution in [0.1, 0.15) is 20.7 Å². The van der Waals surface area contributed by atoms with E-state index in [2.05, 4.69) is 10.6 Å². The van der Waals surface area contributed by atoms with Crippen LogP contribution >= 0.6 is 11.6 Å². The molecule has 0 spiro atoms. The Bertz CT molecular complexity index is 896. The van der Waals surface area contributed by atoms with Crippen LogP contribution in [0.3, 0.4) is 0 Å². The second kappa shape index (κ2) is 7.64. The van der Waals surface area contributed by atoms with Gasteiger partial charge in [0.1, 0.15) is 0 Å². The molecule has 0 aliphatic rings. The van der Waals surface area contributed by atoms with Crippen molar-refractivity contribution in [2.24, 2.45) is 0 Å². The van der Waals surface area contributed by atoms with E-state index in [4.69, 9.17) is 11.6 Å². The third kappa shape index (κ3) is 4.25. The van der Waals surface area contributed by atoms with Crippen molar-refractivity contribution in [3.05, 3.63) is 95.0 Å². The van der Waals surface area contributed by atoms with Crippen LogP contribution in [-0.2, 0) is 0 Å². The average molecular weight is 351 g/mol. The van der Waals surface area contributed by atoms with Gasteiger partial charge in [-0.1, -0.05) is 48.0 Å². The molecule has 0 fully saturated rings. The van der Waals surface area contributed by atoms with Crippen molar-refractivity contribution >= 4 is 34.8 Å². The molecule has 0 radical (unpaired) electrons. The molecule has 0 aliphatic carbocycles. The molecule has 0 atom stereocenters. The fraction of sp³-hybridized carbons (Fsp3) is 0. The number of rotatable bonds is 4. The van der Waals surface area contributed by atoms with Crippen LogP contribution in [0.4, 0.5) is 11.4 Å². The molecule has 0 bridgehead atoms. The molecule has 3 aromatic carbocycles. The van der Waals surface area contributed by atoms with Crippen molar-refractivity contribution < 1.29 is 9.59 Å². The molecule has 2 N–H and O–H groups in total. The van der Waals surface area contributed by atoms with E-state index in [-0.39, 0.29) is 17.0 Å². The molecule has 2 amide bonds. The van der Waals surface area contributed by atoms with Gasteiger partial charge in [0.25, 0.3) is 11.8 Å². The zero-order valence-corrected chi connectivity index (χ0v) is 14.0. The standard InChI is InChI=1S/C20H15ClN2O2/c21-14-11-12-17(19(24)22-15-7-3-1-4-8-15)18(13-14)20(25)23-16-9-5-2-6-10-16/h1-13H,(H,22,24)(H,23,25). The number of anilines is 2. The number of nitrogens with one attached hydrogen (secondary N) is 2. The van der Waals surface area contributed by atoms with Gasteiger partial charge in [0.2, 0.25) is 0 Å². The van der Waals surface area contributed by atoms with E-state index in [0.29, 0.717) is 16.4 Å². The molecule has 4 nitrogen and oxygen atoms in total. The minimum atomic E-state index is -0.396. The summed E-state index contributed by atoms with van der Waals surface area (Å²) in [7, 11) is 0. The summed E-state index contributed by atoms with van der Waals surface area (Å²) in [5, 5.41) is 5.93. The Kier molecular flexibility index (Phi) is 5.11. The predicted octanol–water partition coefficient (Wildman–Crippen LogP) is 4.84. The minimum Gasteiger partial charge on any atom is -0.322 e. The summed E-state index contributed by atoms with van der Waals surface area (Å²) >= 11 is 6.02. The van der Waals surface area contributed by atoms with Crippen LogP contribution in [0.2, 0.25) is 5.02 Å². The van der Waals surface area contributed by atoms with Crippen molar-refractivity contribution in [2.45, 2.75) is 0 Å². The fourth-order valence-corrected chi connectivity index (χ4v) is 2.51. The molecule has 0 unspecified atom stereocenters. The molecule has 25 heavy (non-hydrogen) atoms. The van der Waals surface area contributed by atoms with Crippen molar-refractivity contribution in [2.75, 3.05) is 10.6 Å². The summed E-state index contributed by atoms with van der Waals surface area (Å²) in [4.78, 5) is 25.2. The van der Waals surface area contributed by atoms with E-state index in [0.717, 1.165) is 0 Å². The van der Waals surface area contributed by atoms with E-state index >= 15 is 0 Å². The van der Waals surface area contributed by atoms with Crippen LogP contribution < -0.4 is 10.6 Å². The number of para-hydroxylation sites is 2. The maximum atomic E-state index is 12.6. The first-order valence-corrected chi connectivity index (χ1v) is 8.03. The largest absolute Gasteiger partial charge is 0.322 e. The molecule has 3 rings (SSSR count). The van der Waals surface area contributed by atoms with E-state index in [1.807, 2.05) is 36.4 Å². The lowest BCUT2D eigenvalue weighted by molar-refractivity contribution is 0.0990. The SMILES string of the molecule is O=C(Nc1ccccc1)c1ccc(Cl)cc1C(=O)Nc1ccccc1. The van der Waals surface area contributed by atoms with Gasteiger partial charge in [-0.05, 0) is 42.5 Å². The highest BCUT2D eigenvalue weighted by Crippen LogP contribution is 2.19. The lowest BCUT2D eigenvalue weighted by atomic mass is 10.1. The molecular formula is C20H15ClN2O2. The minimum absolute atomic E-state index is 0.213. The summed E-state index contributed by atoms with van der Waals surface area (Å²) < 4.78 is 0. The maximum Gasteiger partial charge on any atom is 0.256 e. The van der Waals surface area contributed by atoms with Crippen LogP contribution in [0.15, 0.2) is 78.9 Å². The van der Waals surface area contributed by atoms with E-state index < -0.39 is 5.91 Å². The van der Waals surface area contributed by atoms with E-state index in [1.54, 1.807) is 36.4 Å². The van der Waals surface area contributed by atoms with Gasteiger partial charge in [-0.3, -0.25) is 9.59 Å². The van der Waals surface area contributed by atoms with Crippen LogP contribution in [0.5, 0.6) is 0 Å². The Morgan fingerprint density at radius 3 is 1.64 bits per heavy atom. The molecule has 3 aromatic rings. The van der Waals surface area contributed by atoms with Gasteiger partial charge in [0, 0.05) is 16.4 Å². The van der Waals surface area contributed by atoms with Gasteiger partial charge in [-0.25, -0.2) is 0 Å². The Morgan fingerprint density at radius 2 is 1.12 bits per heavy atom. The van der Waals surface area contributed by atoms with E-state index in [9.17, 15) is 9.59 Å². The average Bonchev–Trinajstić information content (AvgIpc) is 2.63. The maximum absolute atomic E-state index is 12.6. The van der Waals surface area contributed by atoms with Crippen molar-refractivity contribution in [3.8, 4) is 0 Å². The number of amides is 2. The predicted molar refractivity (Wildman–Crippen MR) is 100 cm³/mol. The highest BCUT2D eigenvalue weighted by atomic mass is 35.5. The topological polar surface area (TPSA) is 58.2 Å². The van der Waals surface area contributed by atoms with Crippen LogP contribution in [0, 0.1) is 0 Å².